The first-order valence-corrected chi connectivity index (χ1v) is 13.6. The molecule has 9 heteroatoms. The van der Waals surface area contributed by atoms with Gasteiger partial charge < -0.3 is 20.7 Å². The third kappa shape index (κ3) is 5.80. The number of hydrogen-bond acceptors (Lipinski definition) is 6. The first-order valence-electron chi connectivity index (χ1n) is 13.6. The van der Waals surface area contributed by atoms with Gasteiger partial charge in [-0.1, -0.05) is 72.8 Å². The molecule has 2 amide bonds. The summed E-state index contributed by atoms with van der Waals surface area (Å²) in [5.74, 6) is 0.117. The second-order valence-electron chi connectivity index (χ2n) is 10.1. The third-order valence-electron chi connectivity index (χ3n) is 7.21. The molecule has 0 spiro atoms. The van der Waals surface area contributed by atoms with Crippen molar-refractivity contribution in [2.75, 3.05) is 13.1 Å². The Morgan fingerprint density at radius 2 is 1.71 bits per heavy atom. The number of amides is 2. The minimum absolute atomic E-state index is 0.0556. The van der Waals surface area contributed by atoms with Gasteiger partial charge in [-0.15, -0.1) is 0 Å². The average Bonchev–Trinajstić information content (AvgIpc) is 3.65. The van der Waals surface area contributed by atoms with Crippen LogP contribution in [0.1, 0.15) is 34.1 Å². The number of benzene rings is 3. The minimum Gasteiger partial charge on any atom is -0.489 e. The molecule has 0 aliphatic carbocycles. The molecular weight excluding hydrogens is 516 g/mol. The van der Waals surface area contributed by atoms with Crippen LogP contribution in [0.4, 0.5) is 0 Å². The van der Waals surface area contributed by atoms with Gasteiger partial charge in [0.05, 0.1) is 6.20 Å². The summed E-state index contributed by atoms with van der Waals surface area (Å²) in [5, 5.41) is 7.32. The van der Waals surface area contributed by atoms with Crippen LogP contribution in [-0.2, 0) is 11.4 Å². The number of nitrogens with two attached hydrogens (primary N) is 1. The first kappa shape index (κ1) is 26.2. The van der Waals surface area contributed by atoms with Gasteiger partial charge in [0, 0.05) is 30.9 Å². The third-order valence-corrected chi connectivity index (χ3v) is 7.21. The van der Waals surface area contributed by atoms with Gasteiger partial charge in [-0.3, -0.25) is 9.59 Å². The summed E-state index contributed by atoms with van der Waals surface area (Å²) in [7, 11) is 0. The van der Waals surface area contributed by atoms with Gasteiger partial charge in [-0.2, -0.15) is 5.10 Å². The highest BCUT2D eigenvalue weighted by Gasteiger charge is 2.32. The number of ether oxygens (including phenoxy) is 1. The maximum Gasteiger partial charge on any atom is 0.270 e. The van der Waals surface area contributed by atoms with Crippen molar-refractivity contribution >= 4 is 17.5 Å². The molecule has 1 aliphatic heterocycles. The highest BCUT2D eigenvalue weighted by molar-refractivity contribution is 5.97. The fraction of sp³-hybridized carbons (Fsp3) is 0.188. The van der Waals surface area contributed by atoms with Gasteiger partial charge in [0.15, 0.2) is 5.65 Å². The summed E-state index contributed by atoms with van der Waals surface area (Å²) < 4.78 is 7.53. The summed E-state index contributed by atoms with van der Waals surface area (Å²) in [6.07, 6.45) is 4.15. The number of nitrogens with zero attached hydrogens (tertiary/aromatic N) is 4. The molecule has 1 aliphatic rings. The van der Waals surface area contributed by atoms with E-state index in [0.29, 0.717) is 30.9 Å². The summed E-state index contributed by atoms with van der Waals surface area (Å²) >= 11 is 0. The van der Waals surface area contributed by atoms with E-state index in [9.17, 15) is 9.59 Å². The summed E-state index contributed by atoms with van der Waals surface area (Å²) in [4.78, 5) is 33.2. The Morgan fingerprint density at radius 3 is 2.41 bits per heavy atom. The largest absolute Gasteiger partial charge is 0.489 e. The fourth-order valence-electron chi connectivity index (χ4n) is 4.98. The van der Waals surface area contributed by atoms with Crippen LogP contribution in [0.25, 0.3) is 16.8 Å². The number of hydrogen-bond donors (Lipinski definition) is 2. The van der Waals surface area contributed by atoms with E-state index in [1.165, 1.54) is 0 Å². The van der Waals surface area contributed by atoms with Gasteiger partial charge in [0.1, 0.15) is 24.1 Å². The van der Waals surface area contributed by atoms with Gasteiger partial charge >= 0.3 is 0 Å². The summed E-state index contributed by atoms with van der Waals surface area (Å²) in [6.45, 7) is 1.52. The van der Waals surface area contributed by atoms with Crippen molar-refractivity contribution in [2.45, 2.75) is 25.1 Å². The minimum atomic E-state index is -0.847. The number of aromatic nitrogens is 3. The molecule has 206 valence electrons. The van der Waals surface area contributed by atoms with E-state index in [1.54, 1.807) is 27.9 Å². The Hall–Kier alpha value is -5.02. The fourth-order valence-corrected chi connectivity index (χ4v) is 4.98. The zero-order chi connectivity index (χ0) is 28.2. The smallest absolute Gasteiger partial charge is 0.270 e. The molecule has 1 fully saturated rings. The maximum atomic E-state index is 13.4. The van der Waals surface area contributed by atoms with E-state index < -0.39 is 11.9 Å². The van der Waals surface area contributed by atoms with Crippen LogP contribution in [-0.4, -0.2) is 50.4 Å². The number of fused-ring (bicyclic) bond motifs is 1. The Bertz CT molecular complexity index is 1650. The van der Waals surface area contributed by atoms with Gasteiger partial charge in [0.2, 0.25) is 5.91 Å². The van der Waals surface area contributed by atoms with Crippen molar-refractivity contribution < 1.29 is 14.3 Å². The summed E-state index contributed by atoms with van der Waals surface area (Å²) in [6, 6.07) is 27.6. The highest BCUT2D eigenvalue weighted by atomic mass is 16.5. The lowest BCUT2D eigenvalue weighted by molar-refractivity contribution is -0.132. The van der Waals surface area contributed by atoms with Gasteiger partial charge in [-0.05, 0) is 41.3 Å². The highest BCUT2D eigenvalue weighted by Crippen LogP contribution is 2.26. The second kappa shape index (κ2) is 11.6. The number of carbonyl (C=O) groups is 2. The Balaban J connectivity index is 1.22. The molecule has 0 unspecified atom stereocenters. The topological polar surface area (TPSA) is 115 Å². The van der Waals surface area contributed by atoms with Crippen molar-refractivity contribution in [3.8, 4) is 16.9 Å². The monoisotopic (exact) mass is 546 g/mol. The van der Waals surface area contributed by atoms with Crippen molar-refractivity contribution in [1.29, 1.82) is 0 Å². The molecule has 0 saturated carbocycles. The summed E-state index contributed by atoms with van der Waals surface area (Å²) in [5.41, 5.74) is 10.2. The van der Waals surface area contributed by atoms with Crippen LogP contribution in [0.3, 0.4) is 0 Å². The molecule has 41 heavy (non-hydrogen) atoms. The lowest BCUT2D eigenvalue weighted by Gasteiger charge is -2.24. The molecule has 6 rings (SSSR count). The van der Waals surface area contributed by atoms with Crippen LogP contribution in [0.2, 0.25) is 0 Å². The van der Waals surface area contributed by atoms with Gasteiger partial charge in [-0.25, -0.2) is 9.50 Å². The van der Waals surface area contributed by atoms with Crippen molar-refractivity contribution in [2.24, 2.45) is 5.73 Å². The van der Waals surface area contributed by atoms with Crippen LogP contribution in [0.15, 0.2) is 103 Å². The molecule has 3 heterocycles. The number of nitrogens with one attached hydrogen (secondary N) is 1. The second-order valence-corrected chi connectivity index (χ2v) is 10.1. The molecule has 0 radical (unpaired) electrons. The van der Waals surface area contributed by atoms with E-state index in [0.717, 1.165) is 28.9 Å². The Labute approximate surface area is 237 Å². The van der Waals surface area contributed by atoms with Crippen LogP contribution in [0.5, 0.6) is 5.75 Å². The van der Waals surface area contributed by atoms with E-state index in [4.69, 9.17) is 10.5 Å². The van der Waals surface area contributed by atoms with Crippen LogP contribution >= 0.6 is 0 Å². The lowest BCUT2D eigenvalue weighted by Crippen LogP contribution is -2.43. The predicted molar refractivity (Wildman–Crippen MR) is 155 cm³/mol. The normalized spacial score (nSPS) is 15.5. The molecule has 3 N–H and O–H groups in total. The number of rotatable bonds is 8. The first-order chi connectivity index (χ1) is 20.0. The maximum absolute atomic E-state index is 13.4. The molecular formula is C32H30N6O3. The lowest BCUT2D eigenvalue weighted by atomic mass is 10.1. The number of likely N-dealkylation sites (tertiary alicyclic amines) is 1. The van der Waals surface area contributed by atoms with Crippen LogP contribution < -0.4 is 15.8 Å². The molecule has 1 saturated heterocycles. The quantitative estimate of drug-likeness (QED) is 0.304. The Kier molecular flexibility index (Phi) is 7.42. The van der Waals surface area contributed by atoms with Gasteiger partial charge in [0.25, 0.3) is 5.91 Å². The van der Waals surface area contributed by atoms with Crippen molar-refractivity contribution in [3.05, 3.63) is 120 Å². The number of carbonyl (C=O) groups excluding carboxylic acids is 2. The van der Waals surface area contributed by atoms with Crippen molar-refractivity contribution in [3.63, 3.8) is 0 Å². The standard InChI is InChI=1S/C32H30N6O3/c33-25-15-17-37(20-25)32(40)29(24-9-5-2-6-10-24)36-31(39)28-16-18-38-30(35-28)27(19-34-38)23-11-13-26(14-12-23)41-21-22-7-3-1-4-8-22/h1-14,16,18-19,25,29H,15,17,20-21,33H2,(H,36,39)/t25-,29-/m1/s1. The van der Waals surface area contributed by atoms with Crippen molar-refractivity contribution in [1.82, 2.24) is 24.8 Å². The molecule has 2 aromatic heterocycles. The Morgan fingerprint density at radius 1 is 0.976 bits per heavy atom. The van der Waals surface area contributed by atoms with E-state index >= 15 is 0 Å². The zero-order valence-corrected chi connectivity index (χ0v) is 22.4. The average molecular weight is 547 g/mol. The zero-order valence-electron chi connectivity index (χ0n) is 22.4. The molecule has 3 aromatic carbocycles. The van der Waals surface area contributed by atoms with E-state index in [-0.39, 0.29) is 17.6 Å². The predicted octanol–water partition coefficient (Wildman–Crippen LogP) is 4.01. The molecule has 2 atom stereocenters. The molecule has 0 bridgehead atoms. The van der Waals surface area contributed by atoms with E-state index in [2.05, 4.69) is 15.4 Å². The molecule has 9 nitrogen and oxygen atoms in total. The van der Waals surface area contributed by atoms with Crippen LogP contribution in [0, 0.1) is 0 Å². The van der Waals surface area contributed by atoms with E-state index in [1.807, 2.05) is 84.9 Å². The molecule has 5 aromatic rings. The SMILES string of the molecule is N[C@@H]1CCN(C(=O)[C@H](NC(=O)c2ccn3ncc(-c4ccc(OCc5ccccc5)cc4)c3n2)c2ccccc2)C1.